The van der Waals surface area contributed by atoms with Gasteiger partial charge in [-0.05, 0) is 62.1 Å². The molecule has 2 rings (SSSR count). The molecule has 0 unspecified atom stereocenters. The van der Waals surface area contributed by atoms with Crippen molar-refractivity contribution < 1.29 is 14.6 Å². The van der Waals surface area contributed by atoms with Gasteiger partial charge in [-0.2, -0.15) is 0 Å². The van der Waals surface area contributed by atoms with Gasteiger partial charge >= 0.3 is 5.97 Å². The molecule has 3 nitrogen and oxygen atoms in total. The molecule has 1 aromatic carbocycles. The topological polar surface area (TPSA) is 46.5 Å². The normalized spacial score (nSPS) is 22.0. The van der Waals surface area contributed by atoms with E-state index in [1.807, 2.05) is 20.8 Å². The Labute approximate surface area is 127 Å². The minimum atomic E-state index is -0.0818. The second kappa shape index (κ2) is 6.97. The number of rotatable bonds is 4. The molecule has 3 heteroatoms. The summed E-state index contributed by atoms with van der Waals surface area (Å²) >= 11 is 0. The van der Waals surface area contributed by atoms with Gasteiger partial charge in [-0.1, -0.05) is 25.0 Å². The van der Waals surface area contributed by atoms with Crippen LogP contribution in [0, 0.1) is 19.8 Å². The van der Waals surface area contributed by atoms with Gasteiger partial charge in [-0.3, -0.25) is 4.79 Å². The van der Waals surface area contributed by atoms with Crippen molar-refractivity contribution in [3.8, 4) is 5.75 Å². The van der Waals surface area contributed by atoms with E-state index in [2.05, 4.69) is 12.1 Å². The number of esters is 1. The lowest BCUT2D eigenvalue weighted by atomic mass is 9.73. The molecule has 0 radical (unpaired) electrons. The number of phenols is 1. The molecule has 2 atom stereocenters. The summed E-state index contributed by atoms with van der Waals surface area (Å²) in [5.41, 5.74) is 3.10. The zero-order valence-corrected chi connectivity index (χ0v) is 13.3. The maximum absolute atomic E-state index is 11.8. The first-order valence-corrected chi connectivity index (χ1v) is 7.98. The van der Waals surface area contributed by atoms with E-state index in [1.165, 1.54) is 18.4 Å². The third-order valence-corrected chi connectivity index (χ3v) is 4.58. The fraction of sp³-hybridized carbons (Fsp3) is 0.611. The monoisotopic (exact) mass is 290 g/mol. The van der Waals surface area contributed by atoms with Gasteiger partial charge in [0.2, 0.25) is 0 Å². The zero-order valence-electron chi connectivity index (χ0n) is 13.3. The summed E-state index contributed by atoms with van der Waals surface area (Å²) in [6.07, 6.45) is 5.12. The van der Waals surface area contributed by atoms with Crippen LogP contribution in [0.1, 0.15) is 61.6 Å². The largest absolute Gasteiger partial charge is 0.507 e. The standard InChI is InChI=1S/C18H26O3/c1-4-21-17(19)11-14-7-5-6-8-16(14)15-9-12(2)18(20)13(3)10-15/h9-10,14,16,20H,4-8,11H2,1-3H3/t14-,16-/m1/s1. The molecule has 1 saturated carbocycles. The van der Waals surface area contributed by atoms with Crippen LogP contribution in [0.2, 0.25) is 0 Å². The molecule has 116 valence electrons. The number of carbonyl (C=O) groups excluding carboxylic acids is 1. The molecule has 1 aromatic rings. The first-order valence-electron chi connectivity index (χ1n) is 7.98. The fourth-order valence-electron chi connectivity index (χ4n) is 3.53. The number of hydrogen-bond acceptors (Lipinski definition) is 3. The lowest BCUT2D eigenvalue weighted by Crippen LogP contribution is -2.22. The van der Waals surface area contributed by atoms with Crippen LogP contribution in [0.25, 0.3) is 0 Å². The van der Waals surface area contributed by atoms with Crippen molar-refractivity contribution >= 4 is 5.97 Å². The minimum Gasteiger partial charge on any atom is -0.507 e. The van der Waals surface area contributed by atoms with Crippen molar-refractivity contribution in [3.05, 3.63) is 28.8 Å². The lowest BCUT2D eigenvalue weighted by molar-refractivity contribution is -0.144. The molecule has 0 aromatic heterocycles. The van der Waals surface area contributed by atoms with Gasteiger partial charge in [-0.15, -0.1) is 0 Å². The number of aromatic hydroxyl groups is 1. The number of ether oxygens (including phenoxy) is 1. The van der Waals surface area contributed by atoms with E-state index >= 15 is 0 Å². The number of aryl methyl sites for hydroxylation is 2. The van der Waals surface area contributed by atoms with Crippen molar-refractivity contribution in [2.24, 2.45) is 5.92 Å². The number of carbonyl (C=O) groups is 1. The van der Waals surface area contributed by atoms with Gasteiger partial charge in [0.15, 0.2) is 0 Å². The molecule has 0 saturated heterocycles. The van der Waals surface area contributed by atoms with E-state index in [9.17, 15) is 9.90 Å². The highest BCUT2D eigenvalue weighted by molar-refractivity contribution is 5.69. The molecule has 0 bridgehead atoms. The fourth-order valence-corrected chi connectivity index (χ4v) is 3.53. The summed E-state index contributed by atoms with van der Waals surface area (Å²) in [4.78, 5) is 11.8. The van der Waals surface area contributed by atoms with Crippen LogP contribution in [0.15, 0.2) is 12.1 Å². The van der Waals surface area contributed by atoms with E-state index < -0.39 is 0 Å². The van der Waals surface area contributed by atoms with Gasteiger partial charge in [0.25, 0.3) is 0 Å². The maximum Gasteiger partial charge on any atom is 0.306 e. The molecule has 1 fully saturated rings. The Morgan fingerprint density at radius 1 is 1.24 bits per heavy atom. The van der Waals surface area contributed by atoms with Gasteiger partial charge < -0.3 is 9.84 Å². The highest BCUT2D eigenvalue weighted by atomic mass is 16.5. The smallest absolute Gasteiger partial charge is 0.306 e. The van der Waals surface area contributed by atoms with Crippen molar-refractivity contribution in [3.63, 3.8) is 0 Å². The molecule has 1 aliphatic carbocycles. The average molecular weight is 290 g/mol. The van der Waals surface area contributed by atoms with Crippen LogP contribution >= 0.6 is 0 Å². The van der Waals surface area contributed by atoms with Gasteiger partial charge in [0.1, 0.15) is 5.75 Å². The van der Waals surface area contributed by atoms with E-state index in [-0.39, 0.29) is 5.97 Å². The predicted molar refractivity (Wildman–Crippen MR) is 83.5 cm³/mol. The van der Waals surface area contributed by atoms with Crippen LogP contribution in [0.3, 0.4) is 0 Å². The number of benzene rings is 1. The summed E-state index contributed by atoms with van der Waals surface area (Å²) in [6.45, 7) is 6.18. The van der Waals surface area contributed by atoms with Gasteiger partial charge in [-0.25, -0.2) is 0 Å². The highest BCUT2D eigenvalue weighted by Crippen LogP contribution is 2.41. The van der Waals surface area contributed by atoms with Crippen LogP contribution in [0.5, 0.6) is 5.75 Å². The van der Waals surface area contributed by atoms with Crippen molar-refractivity contribution in [2.45, 2.75) is 58.8 Å². The molecule has 0 spiro atoms. The number of phenolic OH excluding ortho intramolecular Hbond substituents is 1. The number of hydrogen-bond donors (Lipinski definition) is 1. The molecule has 1 N–H and O–H groups in total. The first-order chi connectivity index (χ1) is 10.0. The predicted octanol–water partition coefficient (Wildman–Crippen LogP) is 4.24. The van der Waals surface area contributed by atoms with Crippen molar-refractivity contribution in [1.29, 1.82) is 0 Å². The molecule has 0 aliphatic heterocycles. The second-order valence-electron chi connectivity index (χ2n) is 6.16. The lowest BCUT2D eigenvalue weighted by Gasteiger charge is -2.32. The Bertz CT molecular complexity index is 484. The molecule has 1 aliphatic rings. The molecule has 0 heterocycles. The summed E-state index contributed by atoms with van der Waals surface area (Å²) < 4.78 is 5.12. The highest BCUT2D eigenvalue weighted by Gasteiger charge is 2.29. The van der Waals surface area contributed by atoms with Crippen LogP contribution in [-0.2, 0) is 9.53 Å². The zero-order chi connectivity index (χ0) is 15.4. The van der Waals surface area contributed by atoms with Crippen LogP contribution in [-0.4, -0.2) is 17.7 Å². The Kier molecular flexibility index (Phi) is 5.27. The summed E-state index contributed by atoms with van der Waals surface area (Å²) in [7, 11) is 0. The molecular formula is C18H26O3. The summed E-state index contributed by atoms with van der Waals surface area (Å²) in [5, 5.41) is 9.94. The third-order valence-electron chi connectivity index (χ3n) is 4.58. The Morgan fingerprint density at radius 2 is 1.86 bits per heavy atom. The van der Waals surface area contributed by atoms with E-state index in [0.717, 1.165) is 24.0 Å². The van der Waals surface area contributed by atoms with Gasteiger partial charge in [0.05, 0.1) is 6.61 Å². The Hall–Kier alpha value is -1.51. The molecule has 0 amide bonds. The third kappa shape index (κ3) is 3.78. The SMILES string of the molecule is CCOC(=O)C[C@H]1CCCC[C@H]1c1cc(C)c(O)c(C)c1. The molecule has 21 heavy (non-hydrogen) atoms. The quantitative estimate of drug-likeness (QED) is 0.844. The van der Waals surface area contributed by atoms with E-state index in [1.54, 1.807) is 0 Å². The minimum absolute atomic E-state index is 0.0818. The van der Waals surface area contributed by atoms with Gasteiger partial charge in [0, 0.05) is 6.42 Å². The Morgan fingerprint density at radius 3 is 2.48 bits per heavy atom. The van der Waals surface area contributed by atoms with Crippen molar-refractivity contribution in [2.75, 3.05) is 6.61 Å². The maximum atomic E-state index is 11.8. The summed E-state index contributed by atoms with van der Waals surface area (Å²) in [5.74, 6) is 1.07. The first kappa shape index (κ1) is 15.9. The summed E-state index contributed by atoms with van der Waals surface area (Å²) in [6, 6.07) is 4.16. The van der Waals surface area contributed by atoms with E-state index in [0.29, 0.717) is 30.6 Å². The second-order valence-corrected chi connectivity index (χ2v) is 6.16. The molecular weight excluding hydrogens is 264 g/mol. The van der Waals surface area contributed by atoms with Crippen LogP contribution < -0.4 is 0 Å². The van der Waals surface area contributed by atoms with E-state index in [4.69, 9.17) is 4.74 Å². The van der Waals surface area contributed by atoms with Crippen molar-refractivity contribution in [1.82, 2.24) is 0 Å². The Balaban J connectivity index is 2.20. The average Bonchev–Trinajstić information content (AvgIpc) is 2.45. The van der Waals surface area contributed by atoms with Crippen LogP contribution in [0.4, 0.5) is 0 Å².